The molecule has 128 valence electrons. The highest BCUT2D eigenvalue weighted by Gasteiger charge is 2.14. The van der Waals surface area contributed by atoms with Crippen molar-refractivity contribution in [2.45, 2.75) is 6.92 Å². The molecule has 0 radical (unpaired) electrons. The third-order valence-corrected chi connectivity index (χ3v) is 4.01. The van der Waals surface area contributed by atoms with Gasteiger partial charge in [-0.25, -0.2) is 4.79 Å². The van der Waals surface area contributed by atoms with Gasteiger partial charge in [0.2, 0.25) is 5.43 Å². The van der Waals surface area contributed by atoms with Crippen molar-refractivity contribution in [2.24, 2.45) is 0 Å². The van der Waals surface area contributed by atoms with Gasteiger partial charge < -0.3 is 13.9 Å². The van der Waals surface area contributed by atoms with Crippen molar-refractivity contribution in [3.8, 4) is 16.9 Å². The fourth-order valence-electron chi connectivity index (χ4n) is 2.53. The van der Waals surface area contributed by atoms with E-state index >= 15 is 0 Å². The van der Waals surface area contributed by atoms with E-state index in [0.717, 1.165) is 5.56 Å². The van der Waals surface area contributed by atoms with Crippen LogP contribution in [0.15, 0.2) is 51.7 Å². The van der Waals surface area contributed by atoms with Crippen molar-refractivity contribution in [3.05, 3.63) is 63.5 Å². The van der Waals surface area contributed by atoms with E-state index in [1.54, 1.807) is 49.4 Å². The summed E-state index contributed by atoms with van der Waals surface area (Å²) < 4.78 is 15.7. The van der Waals surface area contributed by atoms with Crippen molar-refractivity contribution in [1.29, 1.82) is 0 Å². The third-order valence-electron chi connectivity index (χ3n) is 3.76. The van der Waals surface area contributed by atoms with Gasteiger partial charge in [-0.05, 0) is 36.8 Å². The Hall–Kier alpha value is -2.79. The van der Waals surface area contributed by atoms with E-state index in [9.17, 15) is 9.59 Å². The summed E-state index contributed by atoms with van der Waals surface area (Å²) in [6.07, 6.45) is 0. The molecule has 0 amide bonds. The predicted octanol–water partition coefficient (Wildman–Crippen LogP) is 3.97. The number of hydrogen-bond donors (Lipinski definition) is 0. The van der Waals surface area contributed by atoms with Crippen molar-refractivity contribution >= 4 is 28.5 Å². The molecule has 0 N–H and O–H groups in total. The number of fused-ring (bicyclic) bond motifs is 1. The van der Waals surface area contributed by atoms with E-state index in [1.807, 2.05) is 0 Å². The number of carbonyl (C=O) groups is 1. The maximum absolute atomic E-state index is 12.9. The second-order valence-corrected chi connectivity index (χ2v) is 5.83. The largest absolute Gasteiger partial charge is 0.482 e. The summed E-state index contributed by atoms with van der Waals surface area (Å²) in [7, 11) is 1.28. The monoisotopic (exact) mass is 358 g/mol. The van der Waals surface area contributed by atoms with Gasteiger partial charge in [-0.2, -0.15) is 0 Å². The van der Waals surface area contributed by atoms with E-state index in [1.165, 1.54) is 7.11 Å². The van der Waals surface area contributed by atoms with Crippen molar-refractivity contribution in [2.75, 3.05) is 13.7 Å². The Morgan fingerprint density at radius 2 is 1.88 bits per heavy atom. The molecule has 3 rings (SSSR count). The Labute approximate surface area is 148 Å². The number of rotatable bonds is 4. The second kappa shape index (κ2) is 6.99. The van der Waals surface area contributed by atoms with Gasteiger partial charge in [0, 0.05) is 11.1 Å². The topological polar surface area (TPSA) is 65.7 Å². The Bertz CT molecular complexity index is 989. The van der Waals surface area contributed by atoms with Crippen LogP contribution in [0.1, 0.15) is 5.76 Å². The molecule has 0 aliphatic carbocycles. The zero-order chi connectivity index (χ0) is 18.0. The van der Waals surface area contributed by atoms with Gasteiger partial charge in [-0.15, -0.1) is 0 Å². The standard InChI is InChI=1S/C19H15ClO5/c1-11-18(12-3-5-13(20)6-4-12)19(22)15-8-7-14(9-16(15)25-11)24-10-17(21)23-2/h3-9H,10H2,1-2H3. The number of benzene rings is 2. The van der Waals surface area contributed by atoms with Gasteiger partial charge in [-0.3, -0.25) is 4.79 Å². The molecule has 0 spiro atoms. The summed E-state index contributed by atoms with van der Waals surface area (Å²) >= 11 is 5.91. The summed E-state index contributed by atoms with van der Waals surface area (Å²) in [5, 5.41) is 1.03. The van der Waals surface area contributed by atoms with Gasteiger partial charge >= 0.3 is 5.97 Å². The predicted molar refractivity (Wildman–Crippen MR) is 95.2 cm³/mol. The Morgan fingerprint density at radius 1 is 1.16 bits per heavy atom. The number of hydrogen-bond acceptors (Lipinski definition) is 5. The molecule has 0 aliphatic heterocycles. The molecule has 0 aliphatic rings. The molecule has 0 fully saturated rings. The minimum atomic E-state index is -0.490. The summed E-state index contributed by atoms with van der Waals surface area (Å²) in [6, 6.07) is 11.8. The zero-order valence-electron chi connectivity index (χ0n) is 13.7. The van der Waals surface area contributed by atoms with Gasteiger partial charge in [0.25, 0.3) is 0 Å². The van der Waals surface area contributed by atoms with E-state index < -0.39 is 5.97 Å². The average molecular weight is 359 g/mol. The second-order valence-electron chi connectivity index (χ2n) is 5.39. The molecule has 0 unspecified atom stereocenters. The lowest BCUT2D eigenvalue weighted by atomic mass is 10.0. The first kappa shape index (κ1) is 17.0. The van der Waals surface area contributed by atoms with E-state index in [0.29, 0.717) is 33.1 Å². The molecule has 0 saturated carbocycles. The number of methoxy groups -OCH3 is 1. The fraction of sp³-hybridized carbons (Fsp3) is 0.158. The summed E-state index contributed by atoms with van der Waals surface area (Å²) in [5.41, 5.74) is 1.49. The van der Waals surface area contributed by atoms with Crippen LogP contribution in [0.3, 0.4) is 0 Å². The zero-order valence-corrected chi connectivity index (χ0v) is 14.4. The number of aryl methyl sites for hydroxylation is 1. The molecule has 1 aromatic heterocycles. The highest BCUT2D eigenvalue weighted by molar-refractivity contribution is 6.30. The van der Waals surface area contributed by atoms with E-state index in [4.69, 9.17) is 20.8 Å². The molecule has 0 atom stereocenters. The highest BCUT2D eigenvalue weighted by Crippen LogP contribution is 2.27. The van der Waals surface area contributed by atoms with Crippen LogP contribution in [-0.4, -0.2) is 19.7 Å². The Balaban J connectivity index is 2.04. The first-order chi connectivity index (χ1) is 12.0. The Kier molecular flexibility index (Phi) is 4.76. The average Bonchev–Trinajstić information content (AvgIpc) is 2.61. The molecule has 25 heavy (non-hydrogen) atoms. The third kappa shape index (κ3) is 3.51. The van der Waals surface area contributed by atoms with Crippen molar-refractivity contribution in [1.82, 2.24) is 0 Å². The van der Waals surface area contributed by atoms with E-state index in [-0.39, 0.29) is 12.0 Å². The molecule has 3 aromatic rings. The van der Waals surface area contributed by atoms with Crippen LogP contribution in [0.5, 0.6) is 5.75 Å². The fourth-order valence-corrected chi connectivity index (χ4v) is 2.65. The van der Waals surface area contributed by atoms with Crippen LogP contribution in [0.25, 0.3) is 22.1 Å². The lowest BCUT2D eigenvalue weighted by Crippen LogP contribution is -2.12. The maximum Gasteiger partial charge on any atom is 0.343 e. The van der Waals surface area contributed by atoms with Crippen LogP contribution in [-0.2, 0) is 9.53 Å². The molecule has 6 heteroatoms. The number of halogens is 1. The van der Waals surface area contributed by atoms with Gasteiger partial charge in [-0.1, -0.05) is 23.7 Å². The van der Waals surface area contributed by atoms with Gasteiger partial charge in [0.15, 0.2) is 6.61 Å². The van der Waals surface area contributed by atoms with E-state index in [2.05, 4.69) is 4.74 Å². The first-order valence-electron chi connectivity index (χ1n) is 7.52. The molecule has 2 aromatic carbocycles. The van der Waals surface area contributed by atoms with Crippen molar-refractivity contribution < 1.29 is 18.7 Å². The molecular weight excluding hydrogens is 344 g/mol. The molecule has 1 heterocycles. The Morgan fingerprint density at radius 3 is 2.56 bits per heavy atom. The SMILES string of the molecule is COC(=O)COc1ccc2c(=O)c(-c3ccc(Cl)cc3)c(C)oc2c1. The van der Waals surface area contributed by atoms with Crippen LogP contribution in [0, 0.1) is 6.92 Å². The maximum atomic E-state index is 12.9. The van der Waals surface area contributed by atoms with Crippen LogP contribution < -0.4 is 10.2 Å². The summed E-state index contributed by atoms with van der Waals surface area (Å²) in [5.74, 6) is 0.417. The lowest BCUT2D eigenvalue weighted by Gasteiger charge is -2.09. The summed E-state index contributed by atoms with van der Waals surface area (Å²) in [6.45, 7) is 1.51. The quantitative estimate of drug-likeness (QED) is 0.660. The minimum Gasteiger partial charge on any atom is -0.482 e. The molecular formula is C19H15ClO5. The molecule has 0 saturated heterocycles. The summed E-state index contributed by atoms with van der Waals surface area (Å²) in [4.78, 5) is 24.0. The number of esters is 1. The molecule has 5 nitrogen and oxygen atoms in total. The minimum absolute atomic E-state index is 0.138. The normalized spacial score (nSPS) is 10.7. The van der Waals surface area contributed by atoms with Gasteiger partial charge in [0.1, 0.15) is 17.1 Å². The van der Waals surface area contributed by atoms with Gasteiger partial charge in [0.05, 0.1) is 18.1 Å². The lowest BCUT2D eigenvalue weighted by molar-refractivity contribution is -0.142. The van der Waals surface area contributed by atoms with Crippen LogP contribution in [0.4, 0.5) is 0 Å². The van der Waals surface area contributed by atoms with Crippen LogP contribution in [0.2, 0.25) is 5.02 Å². The van der Waals surface area contributed by atoms with Crippen LogP contribution >= 0.6 is 11.6 Å². The smallest absolute Gasteiger partial charge is 0.343 e. The highest BCUT2D eigenvalue weighted by atomic mass is 35.5. The number of carbonyl (C=O) groups excluding carboxylic acids is 1. The molecule has 0 bridgehead atoms. The number of ether oxygens (including phenoxy) is 2. The van der Waals surface area contributed by atoms with Crippen molar-refractivity contribution in [3.63, 3.8) is 0 Å². The first-order valence-corrected chi connectivity index (χ1v) is 7.90.